The molecule has 146 valence electrons. The molecule has 7 nitrogen and oxygen atoms in total. The second-order valence-electron chi connectivity index (χ2n) is 5.96. The molecule has 3 aromatic rings. The lowest BCUT2D eigenvalue weighted by Gasteiger charge is -2.11. The second kappa shape index (κ2) is 8.94. The van der Waals surface area contributed by atoms with Crippen LogP contribution in [0.3, 0.4) is 0 Å². The summed E-state index contributed by atoms with van der Waals surface area (Å²) in [6, 6.07) is 12.7. The quantitative estimate of drug-likeness (QED) is 0.635. The molecule has 3 rings (SSSR count). The van der Waals surface area contributed by atoms with Gasteiger partial charge in [-0.25, -0.2) is 4.98 Å². The van der Waals surface area contributed by atoms with Crippen molar-refractivity contribution >= 4 is 11.6 Å². The van der Waals surface area contributed by atoms with Gasteiger partial charge in [0.05, 0.1) is 33.2 Å². The van der Waals surface area contributed by atoms with Gasteiger partial charge in [-0.3, -0.25) is 4.79 Å². The molecule has 0 spiro atoms. The zero-order chi connectivity index (χ0) is 19.9. The molecular weight excluding hydrogens is 360 g/mol. The number of hydrogen-bond acceptors (Lipinski definition) is 6. The zero-order valence-corrected chi connectivity index (χ0v) is 16.0. The molecule has 1 heterocycles. The summed E-state index contributed by atoms with van der Waals surface area (Å²) in [6.45, 7) is 0. The van der Waals surface area contributed by atoms with Crippen LogP contribution >= 0.6 is 0 Å². The highest BCUT2D eigenvalue weighted by Crippen LogP contribution is 2.29. The van der Waals surface area contributed by atoms with Crippen molar-refractivity contribution in [2.75, 3.05) is 26.6 Å². The number of methoxy groups -OCH3 is 3. The number of aryl methyl sites for hydroxylation is 1. The number of ether oxygens (including phenoxy) is 3. The fourth-order valence-electron chi connectivity index (χ4n) is 2.67. The number of carbonyl (C=O) groups is 1. The predicted molar refractivity (Wildman–Crippen MR) is 105 cm³/mol. The molecule has 28 heavy (non-hydrogen) atoms. The molecule has 0 aliphatic carbocycles. The number of anilines is 1. The summed E-state index contributed by atoms with van der Waals surface area (Å²) in [5, 5.41) is 2.83. The Morgan fingerprint density at radius 3 is 2.57 bits per heavy atom. The second-order valence-corrected chi connectivity index (χ2v) is 5.96. The van der Waals surface area contributed by atoms with E-state index in [4.69, 9.17) is 18.6 Å². The highest BCUT2D eigenvalue weighted by atomic mass is 16.5. The summed E-state index contributed by atoms with van der Waals surface area (Å²) in [5.74, 6) is 2.89. The van der Waals surface area contributed by atoms with Crippen molar-refractivity contribution in [2.45, 2.75) is 12.8 Å². The summed E-state index contributed by atoms with van der Waals surface area (Å²) in [5.41, 5.74) is 1.45. The van der Waals surface area contributed by atoms with E-state index >= 15 is 0 Å². The third kappa shape index (κ3) is 4.62. The van der Waals surface area contributed by atoms with Gasteiger partial charge in [-0.1, -0.05) is 12.1 Å². The van der Waals surface area contributed by atoms with E-state index in [0.29, 0.717) is 35.3 Å². The van der Waals surface area contributed by atoms with Crippen LogP contribution < -0.4 is 19.5 Å². The van der Waals surface area contributed by atoms with Gasteiger partial charge in [0.25, 0.3) is 0 Å². The third-order valence-corrected chi connectivity index (χ3v) is 4.16. The van der Waals surface area contributed by atoms with Crippen LogP contribution in [0.1, 0.15) is 12.3 Å². The molecule has 1 aromatic heterocycles. The molecule has 0 bridgehead atoms. The number of oxazole rings is 1. The summed E-state index contributed by atoms with van der Waals surface area (Å²) >= 11 is 0. The molecule has 0 aliphatic rings. The molecular formula is C21H22N2O5. The Bertz CT molecular complexity index is 951. The third-order valence-electron chi connectivity index (χ3n) is 4.16. The lowest BCUT2D eigenvalue weighted by Crippen LogP contribution is -2.13. The molecule has 0 saturated heterocycles. The van der Waals surface area contributed by atoms with Crippen LogP contribution in [0.2, 0.25) is 0 Å². The van der Waals surface area contributed by atoms with Crippen molar-refractivity contribution in [2.24, 2.45) is 0 Å². The van der Waals surface area contributed by atoms with Crippen molar-refractivity contribution in [3.63, 3.8) is 0 Å². The van der Waals surface area contributed by atoms with Gasteiger partial charge in [0, 0.05) is 24.5 Å². The Kier molecular flexibility index (Phi) is 6.16. The number of nitrogens with one attached hydrogen (secondary N) is 1. The SMILES string of the molecule is COc1cccc(-c2cnc(CCC(=O)Nc3ccc(OC)cc3OC)o2)c1. The average molecular weight is 382 g/mol. The molecule has 0 saturated carbocycles. The Hall–Kier alpha value is -3.48. The van der Waals surface area contributed by atoms with E-state index < -0.39 is 0 Å². The highest BCUT2D eigenvalue weighted by molar-refractivity contribution is 5.92. The molecule has 0 radical (unpaired) electrons. The van der Waals surface area contributed by atoms with Crippen LogP contribution in [0, 0.1) is 0 Å². The van der Waals surface area contributed by atoms with Crippen LogP contribution in [-0.2, 0) is 11.2 Å². The number of nitrogens with zero attached hydrogens (tertiary/aromatic N) is 1. The van der Waals surface area contributed by atoms with Gasteiger partial charge in [0.15, 0.2) is 11.7 Å². The molecule has 1 N–H and O–H groups in total. The Morgan fingerprint density at radius 1 is 1.04 bits per heavy atom. The van der Waals surface area contributed by atoms with Crippen molar-refractivity contribution in [1.29, 1.82) is 0 Å². The van der Waals surface area contributed by atoms with Crippen molar-refractivity contribution < 1.29 is 23.4 Å². The highest BCUT2D eigenvalue weighted by Gasteiger charge is 2.12. The molecule has 2 aromatic carbocycles. The van der Waals surface area contributed by atoms with Gasteiger partial charge in [0.1, 0.15) is 17.2 Å². The standard InChI is InChI=1S/C21H22N2O5/c1-25-15-6-4-5-14(11-15)19-13-22-21(28-19)10-9-20(24)23-17-8-7-16(26-2)12-18(17)27-3/h4-8,11-13H,9-10H2,1-3H3,(H,23,24). The molecule has 0 unspecified atom stereocenters. The fraction of sp³-hybridized carbons (Fsp3) is 0.238. The number of hydrogen-bond donors (Lipinski definition) is 1. The monoisotopic (exact) mass is 382 g/mol. The first-order valence-corrected chi connectivity index (χ1v) is 8.74. The van der Waals surface area contributed by atoms with Crippen LogP contribution in [0.15, 0.2) is 53.1 Å². The van der Waals surface area contributed by atoms with Gasteiger partial charge in [0.2, 0.25) is 5.91 Å². The van der Waals surface area contributed by atoms with Crippen molar-refractivity contribution in [3.05, 3.63) is 54.6 Å². The van der Waals surface area contributed by atoms with Crippen molar-refractivity contribution in [1.82, 2.24) is 4.98 Å². The van der Waals surface area contributed by atoms with Gasteiger partial charge in [-0.05, 0) is 24.3 Å². The number of aromatic nitrogens is 1. The summed E-state index contributed by atoms with van der Waals surface area (Å²) in [6.07, 6.45) is 2.26. The predicted octanol–water partition coefficient (Wildman–Crippen LogP) is 3.94. The van der Waals surface area contributed by atoms with E-state index in [1.165, 1.54) is 7.11 Å². The van der Waals surface area contributed by atoms with Crippen LogP contribution in [0.5, 0.6) is 17.2 Å². The Labute approximate surface area is 163 Å². The van der Waals surface area contributed by atoms with E-state index in [2.05, 4.69) is 10.3 Å². The lowest BCUT2D eigenvalue weighted by atomic mass is 10.2. The first-order valence-electron chi connectivity index (χ1n) is 8.74. The number of carbonyl (C=O) groups excluding carboxylic acids is 1. The van der Waals surface area contributed by atoms with E-state index in [9.17, 15) is 4.79 Å². The maximum absolute atomic E-state index is 12.3. The number of benzene rings is 2. The topological polar surface area (TPSA) is 82.8 Å². The molecule has 0 aliphatic heterocycles. The lowest BCUT2D eigenvalue weighted by molar-refractivity contribution is -0.116. The van der Waals surface area contributed by atoms with Crippen molar-refractivity contribution in [3.8, 4) is 28.6 Å². The molecule has 0 fully saturated rings. The first kappa shape index (κ1) is 19.3. The normalized spacial score (nSPS) is 10.4. The Balaban J connectivity index is 1.60. The van der Waals surface area contributed by atoms with E-state index in [0.717, 1.165) is 11.3 Å². The first-order chi connectivity index (χ1) is 13.6. The van der Waals surface area contributed by atoms with Crippen LogP contribution in [0.4, 0.5) is 5.69 Å². The minimum atomic E-state index is -0.162. The Morgan fingerprint density at radius 2 is 1.82 bits per heavy atom. The van der Waals surface area contributed by atoms with Gasteiger partial charge in [-0.15, -0.1) is 0 Å². The summed E-state index contributed by atoms with van der Waals surface area (Å²) < 4.78 is 21.4. The van der Waals surface area contributed by atoms with Crippen LogP contribution in [0.25, 0.3) is 11.3 Å². The fourth-order valence-corrected chi connectivity index (χ4v) is 2.67. The number of amides is 1. The minimum absolute atomic E-state index is 0.162. The summed E-state index contributed by atoms with van der Waals surface area (Å²) in [4.78, 5) is 16.5. The van der Waals surface area contributed by atoms with Gasteiger partial charge >= 0.3 is 0 Å². The minimum Gasteiger partial charge on any atom is -0.497 e. The van der Waals surface area contributed by atoms with Gasteiger partial charge < -0.3 is 23.9 Å². The van der Waals surface area contributed by atoms with Gasteiger partial charge in [-0.2, -0.15) is 0 Å². The molecule has 7 heteroatoms. The average Bonchev–Trinajstić information content (AvgIpc) is 3.21. The van der Waals surface area contributed by atoms with E-state index in [1.54, 1.807) is 38.6 Å². The zero-order valence-electron chi connectivity index (χ0n) is 16.0. The summed E-state index contributed by atoms with van der Waals surface area (Å²) in [7, 11) is 4.72. The largest absolute Gasteiger partial charge is 0.497 e. The smallest absolute Gasteiger partial charge is 0.224 e. The molecule has 1 amide bonds. The van der Waals surface area contributed by atoms with E-state index in [1.807, 2.05) is 24.3 Å². The van der Waals surface area contributed by atoms with E-state index in [-0.39, 0.29) is 12.3 Å². The maximum Gasteiger partial charge on any atom is 0.224 e. The molecule has 0 atom stereocenters. The van der Waals surface area contributed by atoms with Crippen LogP contribution in [-0.4, -0.2) is 32.2 Å². The maximum atomic E-state index is 12.3. The number of rotatable bonds is 8.